The van der Waals surface area contributed by atoms with Gasteiger partial charge in [-0.05, 0) is 43.4 Å². The molecule has 0 saturated heterocycles. The van der Waals surface area contributed by atoms with E-state index in [2.05, 4.69) is 44.2 Å². The molecule has 0 saturated carbocycles. The molecule has 1 nitrogen and oxygen atoms in total. The Hall–Kier alpha value is -1.24. The highest BCUT2D eigenvalue weighted by atomic mass is 16.5. The van der Waals surface area contributed by atoms with Crippen molar-refractivity contribution in [2.45, 2.75) is 58.5 Å². The molecule has 1 unspecified atom stereocenters. The molecular weight excluding hydrogens is 220 g/mol. The summed E-state index contributed by atoms with van der Waals surface area (Å²) in [5, 5.41) is 0. The minimum absolute atomic E-state index is 0.311. The molecule has 1 aromatic carbocycles. The number of fused-ring (bicyclic) bond motifs is 1. The van der Waals surface area contributed by atoms with Crippen LogP contribution in [0.15, 0.2) is 29.8 Å². The summed E-state index contributed by atoms with van der Waals surface area (Å²) in [6, 6.07) is 8.38. The maximum Gasteiger partial charge on any atom is 0.127 e. The lowest BCUT2D eigenvalue weighted by Crippen LogP contribution is -2.22. The average Bonchev–Trinajstić information content (AvgIpc) is 2.42. The highest BCUT2D eigenvalue weighted by Crippen LogP contribution is 2.33. The van der Waals surface area contributed by atoms with Gasteiger partial charge >= 0.3 is 0 Å². The van der Waals surface area contributed by atoms with Crippen molar-refractivity contribution in [2.24, 2.45) is 0 Å². The fourth-order valence-electron chi connectivity index (χ4n) is 2.48. The Kier molecular flexibility index (Phi) is 4.86. The van der Waals surface area contributed by atoms with Crippen LogP contribution in [0.5, 0.6) is 5.75 Å². The predicted octanol–water partition coefficient (Wildman–Crippen LogP) is 5.21. The van der Waals surface area contributed by atoms with Crippen LogP contribution in [0.25, 0.3) is 6.08 Å². The van der Waals surface area contributed by atoms with Gasteiger partial charge in [-0.1, -0.05) is 44.9 Å². The van der Waals surface area contributed by atoms with Crippen LogP contribution >= 0.6 is 0 Å². The standard InChI is InChI=1S/C17H24O/c1-3-5-9-14-13-15-10-7-8-12-17(15)18-16(14)11-6-4-2/h7-8,10,12-13,16H,3-6,9,11H2,1-2H3. The fourth-order valence-corrected chi connectivity index (χ4v) is 2.48. The summed E-state index contributed by atoms with van der Waals surface area (Å²) in [5.74, 6) is 1.05. The SMILES string of the molecule is CCCCC1=Cc2ccccc2OC1CCCC. The first-order chi connectivity index (χ1) is 8.85. The number of unbranched alkanes of at least 4 members (excludes halogenated alkanes) is 2. The zero-order chi connectivity index (χ0) is 12.8. The first-order valence-corrected chi connectivity index (χ1v) is 7.31. The van der Waals surface area contributed by atoms with E-state index in [9.17, 15) is 0 Å². The van der Waals surface area contributed by atoms with Crippen LogP contribution in [0.4, 0.5) is 0 Å². The lowest BCUT2D eigenvalue weighted by atomic mass is 9.94. The summed E-state index contributed by atoms with van der Waals surface area (Å²) < 4.78 is 6.18. The summed E-state index contributed by atoms with van der Waals surface area (Å²) in [5.41, 5.74) is 2.74. The van der Waals surface area contributed by atoms with E-state index in [1.807, 2.05) is 0 Å². The highest BCUT2D eigenvalue weighted by molar-refractivity contribution is 5.62. The van der Waals surface area contributed by atoms with Crippen LogP contribution in [-0.4, -0.2) is 6.10 Å². The maximum absolute atomic E-state index is 6.18. The molecule has 0 N–H and O–H groups in total. The molecule has 1 aliphatic heterocycles. The third-order valence-electron chi connectivity index (χ3n) is 3.58. The van der Waals surface area contributed by atoms with Gasteiger partial charge in [0.2, 0.25) is 0 Å². The summed E-state index contributed by atoms with van der Waals surface area (Å²) in [6.07, 6.45) is 10.00. The van der Waals surface area contributed by atoms with E-state index >= 15 is 0 Å². The molecule has 1 atom stereocenters. The van der Waals surface area contributed by atoms with Crippen molar-refractivity contribution in [3.63, 3.8) is 0 Å². The Bertz CT molecular complexity index is 406. The molecule has 0 radical (unpaired) electrons. The monoisotopic (exact) mass is 244 g/mol. The number of ether oxygens (including phenoxy) is 1. The maximum atomic E-state index is 6.18. The molecule has 98 valence electrons. The predicted molar refractivity (Wildman–Crippen MR) is 77.9 cm³/mol. The summed E-state index contributed by atoms with van der Waals surface area (Å²) in [7, 11) is 0. The van der Waals surface area contributed by atoms with Gasteiger partial charge in [0.15, 0.2) is 0 Å². The van der Waals surface area contributed by atoms with E-state index in [0.29, 0.717) is 6.10 Å². The van der Waals surface area contributed by atoms with Crippen LogP contribution in [0, 0.1) is 0 Å². The van der Waals surface area contributed by atoms with Crippen molar-refractivity contribution < 1.29 is 4.74 Å². The lowest BCUT2D eigenvalue weighted by Gasteiger charge is -2.27. The molecule has 0 aliphatic carbocycles. The van der Waals surface area contributed by atoms with Gasteiger partial charge in [0, 0.05) is 5.56 Å². The van der Waals surface area contributed by atoms with E-state index in [1.165, 1.54) is 43.2 Å². The van der Waals surface area contributed by atoms with E-state index in [0.717, 1.165) is 12.2 Å². The van der Waals surface area contributed by atoms with Crippen molar-refractivity contribution in [1.29, 1.82) is 0 Å². The second-order valence-corrected chi connectivity index (χ2v) is 5.11. The van der Waals surface area contributed by atoms with Crippen LogP contribution in [0.2, 0.25) is 0 Å². The molecule has 0 spiro atoms. The van der Waals surface area contributed by atoms with Gasteiger partial charge in [-0.2, -0.15) is 0 Å². The van der Waals surface area contributed by atoms with Gasteiger partial charge in [0.1, 0.15) is 11.9 Å². The third-order valence-corrected chi connectivity index (χ3v) is 3.58. The molecule has 0 bridgehead atoms. The fraction of sp³-hybridized carbons (Fsp3) is 0.529. The molecule has 0 amide bonds. The Morgan fingerprint density at radius 2 is 1.83 bits per heavy atom. The molecule has 0 aromatic heterocycles. The first-order valence-electron chi connectivity index (χ1n) is 7.31. The van der Waals surface area contributed by atoms with Gasteiger partial charge in [0.25, 0.3) is 0 Å². The zero-order valence-electron chi connectivity index (χ0n) is 11.6. The topological polar surface area (TPSA) is 9.23 Å². The van der Waals surface area contributed by atoms with Gasteiger partial charge in [-0.15, -0.1) is 0 Å². The van der Waals surface area contributed by atoms with Crippen molar-refractivity contribution >= 4 is 6.08 Å². The first kappa shape index (κ1) is 13.2. The van der Waals surface area contributed by atoms with Gasteiger partial charge in [-0.3, -0.25) is 0 Å². The molecule has 18 heavy (non-hydrogen) atoms. The molecule has 2 rings (SSSR count). The van der Waals surface area contributed by atoms with Crippen molar-refractivity contribution in [2.75, 3.05) is 0 Å². The van der Waals surface area contributed by atoms with Crippen molar-refractivity contribution in [3.05, 3.63) is 35.4 Å². The number of hydrogen-bond donors (Lipinski definition) is 0. The van der Waals surface area contributed by atoms with Crippen molar-refractivity contribution in [1.82, 2.24) is 0 Å². The Morgan fingerprint density at radius 1 is 1.06 bits per heavy atom. The van der Waals surface area contributed by atoms with E-state index in [1.54, 1.807) is 0 Å². The smallest absolute Gasteiger partial charge is 0.127 e. The third kappa shape index (κ3) is 3.16. The van der Waals surface area contributed by atoms with Gasteiger partial charge in [-0.25, -0.2) is 0 Å². The van der Waals surface area contributed by atoms with Crippen molar-refractivity contribution in [3.8, 4) is 5.75 Å². The van der Waals surface area contributed by atoms with Crippen LogP contribution in [-0.2, 0) is 0 Å². The molecular formula is C17H24O. The minimum atomic E-state index is 0.311. The van der Waals surface area contributed by atoms with E-state index in [-0.39, 0.29) is 0 Å². The molecule has 1 heterocycles. The number of benzene rings is 1. The zero-order valence-corrected chi connectivity index (χ0v) is 11.6. The number of rotatable bonds is 6. The molecule has 0 fully saturated rings. The van der Waals surface area contributed by atoms with Gasteiger partial charge < -0.3 is 4.74 Å². The number of para-hydroxylation sites is 1. The summed E-state index contributed by atoms with van der Waals surface area (Å²) in [6.45, 7) is 4.49. The Balaban J connectivity index is 2.16. The largest absolute Gasteiger partial charge is 0.485 e. The Labute approximate surface area is 111 Å². The van der Waals surface area contributed by atoms with Crippen LogP contribution in [0.3, 0.4) is 0 Å². The number of hydrogen-bond acceptors (Lipinski definition) is 1. The quantitative estimate of drug-likeness (QED) is 0.667. The Morgan fingerprint density at radius 3 is 2.61 bits per heavy atom. The second kappa shape index (κ2) is 6.63. The lowest BCUT2D eigenvalue weighted by molar-refractivity contribution is 0.214. The minimum Gasteiger partial charge on any atom is -0.485 e. The van der Waals surface area contributed by atoms with E-state index < -0.39 is 0 Å². The van der Waals surface area contributed by atoms with E-state index in [4.69, 9.17) is 4.74 Å². The molecule has 1 heteroatoms. The second-order valence-electron chi connectivity index (χ2n) is 5.11. The van der Waals surface area contributed by atoms with Crippen LogP contribution < -0.4 is 4.74 Å². The highest BCUT2D eigenvalue weighted by Gasteiger charge is 2.21. The average molecular weight is 244 g/mol. The van der Waals surface area contributed by atoms with Crippen LogP contribution in [0.1, 0.15) is 57.9 Å². The molecule has 1 aromatic rings. The van der Waals surface area contributed by atoms with Gasteiger partial charge in [0.05, 0.1) is 0 Å². The molecule has 1 aliphatic rings. The summed E-state index contributed by atoms with van der Waals surface area (Å²) in [4.78, 5) is 0. The summed E-state index contributed by atoms with van der Waals surface area (Å²) >= 11 is 0. The normalized spacial score (nSPS) is 17.9.